The number of benzene rings is 1. The van der Waals surface area contributed by atoms with E-state index in [2.05, 4.69) is 12.0 Å². The van der Waals surface area contributed by atoms with Gasteiger partial charge in [0.25, 0.3) is 0 Å². The number of rotatable bonds is 7. The first kappa shape index (κ1) is 16.3. The molecule has 0 spiro atoms. The van der Waals surface area contributed by atoms with Crippen LogP contribution >= 0.6 is 0 Å². The van der Waals surface area contributed by atoms with Crippen LogP contribution in [0.25, 0.3) is 0 Å². The fraction of sp³-hybridized carbons (Fsp3) is 0.444. The van der Waals surface area contributed by atoms with Crippen LogP contribution in [0.1, 0.15) is 49.7 Å². The molecule has 2 atom stereocenters. The number of nitrogens with zero attached hydrogens (tertiary/aromatic N) is 2. The van der Waals surface area contributed by atoms with Crippen LogP contribution in [0.15, 0.2) is 42.7 Å². The molecule has 0 radical (unpaired) electrons. The molecule has 118 valence electrons. The molecule has 1 heterocycles. The van der Waals surface area contributed by atoms with Crippen LogP contribution in [-0.2, 0) is 16.6 Å². The summed E-state index contributed by atoms with van der Waals surface area (Å²) in [5.74, 6) is -0.0781. The van der Waals surface area contributed by atoms with Crippen molar-refractivity contribution < 1.29 is 9.53 Å². The number of hydrogen-bond donors (Lipinski definition) is 0. The second-order valence-electron chi connectivity index (χ2n) is 5.50. The minimum atomic E-state index is -0.230. The molecule has 2 rings (SSSR count). The summed E-state index contributed by atoms with van der Waals surface area (Å²) < 4.78 is 7.09. The molecule has 22 heavy (non-hydrogen) atoms. The molecule has 1 aromatic heterocycles. The zero-order valence-electron chi connectivity index (χ0n) is 13.5. The van der Waals surface area contributed by atoms with Crippen molar-refractivity contribution in [3.8, 4) is 0 Å². The molecule has 0 aliphatic heterocycles. The Kier molecular flexibility index (Phi) is 5.75. The van der Waals surface area contributed by atoms with Gasteiger partial charge in [0.05, 0.1) is 18.7 Å². The lowest BCUT2D eigenvalue weighted by molar-refractivity contribution is -0.145. The maximum Gasteiger partial charge on any atom is 0.313 e. The number of esters is 1. The Hall–Kier alpha value is -2.10. The van der Waals surface area contributed by atoms with Crippen molar-refractivity contribution >= 4 is 5.97 Å². The van der Waals surface area contributed by atoms with Crippen molar-refractivity contribution in [1.82, 2.24) is 9.78 Å². The smallest absolute Gasteiger partial charge is 0.313 e. The van der Waals surface area contributed by atoms with Gasteiger partial charge in [-0.05, 0) is 36.8 Å². The van der Waals surface area contributed by atoms with Gasteiger partial charge in [0.15, 0.2) is 0 Å². The standard InChI is InChI=1S/C18H24N2O2/c1-4-14(16-12-19-20(3)13-16)11-17(18(21)22-5-2)15-9-7-6-8-10-15/h6-10,12-14,17H,4-5,11H2,1-3H3. The molecule has 0 fully saturated rings. The van der Waals surface area contributed by atoms with Crippen molar-refractivity contribution in [2.24, 2.45) is 7.05 Å². The Labute approximate surface area is 132 Å². The quantitative estimate of drug-likeness (QED) is 0.733. The molecule has 2 aromatic rings. The lowest BCUT2D eigenvalue weighted by atomic mass is 9.85. The third-order valence-corrected chi connectivity index (χ3v) is 3.98. The lowest BCUT2D eigenvalue weighted by Crippen LogP contribution is -2.18. The first-order chi connectivity index (χ1) is 10.7. The maximum atomic E-state index is 12.4. The first-order valence-electron chi connectivity index (χ1n) is 7.85. The zero-order valence-corrected chi connectivity index (χ0v) is 13.5. The van der Waals surface area contributed by atoms with Gasteiger partial charge in [-0.15, -0.1) is 0 Å². The third-order valence-electron chi connectivity index (χ3n) is 3.98. The monoisotopic (exact) mass is 300 g/mol. The summed E-state index contributed by atoms with van der Waals surface area (Å²) in [5.41, 5.74) is 2.19. The van der Waals surface area contributed by atoms with Crippen molar-refractivity contribution in [3.05, 3.63) is 53.9 Å². The number of aromatic nitrogens is 2. The minimum Gasteiger partial charge on any atom is -0.466 e. The Morgan fingerprint density at radius 1 is 1.23 bits per heavy atom. The highest BCUT2D eigenvalue weighted by Gasteiger charge is 2.26. The summed E-state index contributed by atoms with van der Waals surface area (Å²) in [6, 6.07) is 9.89. The normalized spacial score (nSPS) is 13.6. The molecule has 0 saturated heterocycles. The number of carbonyl (C=O) groups excluding carboxylic acids is 1. The molecule has 0 saturated carbocycles. The maximum absolute atomic E-state index is 12.4. The molecule has 1 aromatic carbocycles. The Morgan fingerprint density at radius 2 is 1.95 bits per heavy atom. The van der Waals surface area contributed by atoms with Gasteiger partial charge >= 0.3 is 5.97 Å². The molecule has 0 aliphatic rings. The van der Waals surface area contributed by atoms with E-state index in [0.29, 0.717) is 12.5 Å². The van der Waals surface area contributed by atoms with Crippen molar-refractivity contribution in [1.29, 1.82) is 0 Å². The Morgan fingerprint density at radius 3 is 2.50 bits per heavy atom. The Balaban J connectivity index is 2.23. The van der Waals surface area contributed by atoms with Gasteiger partial charge in [-0.2, -0.15) is 5.10 Å². The van der Waals surface area contributed by atoms with E-state index in [1.807, 2.05) is 56.7 Å². The van der Waals surface area contributed by atoms with Crippen LogP contribution in [0.3, 0.4) is 0 Å². The summed E-state index contributed by atoms with van der Waals surface area (Å²) in [5, 5.41) is 4.25. The number of carbonyl (C=O) groups is 1. The van der Waals surface area contributed by atoms with Crippen molar-refractivity contribution in [3.63, 3.8) is 0 Å². The van der Waals surface area contributed by atoms with E-state index in [1.165, 1.54) is 5.56 Å². The minimum absolute atomic E-state index is 0.143. The van der Waals surface area contributed by atoms with Gasteiger partial charge in [0, 0.05) is 13.2 Å². The van der Waals surface area contributed by atoms with Crippen molar-refractivity contribution in [2.75, 3.05) is 6.61 Å². The van der Waals surface area contributed by atoms with Crippen LogP contribution in [0.2, 0.25) is 0 Å². The van der Waals surface area contributed by atoms with E-state index in [1.54, 1.807) is 4.68 Å². The van der Waals surface area contributed by atoms with Gasteiger partial charge in [0.2, 0.25) is 0 Å². The summed E-state index contributed by atoms with van der Waals surface area (Å²) >= 11 is 0. The van der Waals surface area contributed by atoms with Gasteiger partial charge < -0.3 is 4.74 Å². The predicted octanol–water partition coefficient (Wildman–Crippen LogP) is 3.65. The molecule has 2 unspecified atom stereocenters. The van der Waals surface area contributed by atoms with Gasteiger partial charge in [-0.3, -0.25) is 9.48 Å². The lowest BCUT2D eigenvalue weighted by Gasteiger charge is -2.21. The van der Waals surface area contributed by atoms with E-state index in [9.17, 15) is 4.79 Å². The summed E-state index contributed by atoms with van der Waals surface area (Å²) in [4.78, 5) is 12.4. The highest BCUT2D eigenvalue weighted by atomic mass is 16.5. The zero-order chi connectivity index (χ0) is 15.9. The molecular formula is C18H24N2O2. The van der Waals surface area contributed by atoms with Crippen LogP contribution < -0.4 is 0 Å². The number of aryl methyl sites for hydroxylation is 1. The summed E-state index contributed by atoms with van der Waals surface area (Å²) in [6.07, 6.45) is 5.63. The highest BCUT2D eigenvalue weighted by Crippen LogP contribution is 2.32. The van der Waals surface area contributed by atoms with Crippen LogP contribution in [-0.4, -0.2) is 22.4 Å². The van der Waals surface area contributed by atoms with Crippen LogP contribution in [0, 0.1) is 0 Å². The van der Waals surface area contributed by atoms with E-state index in [4.69, 9.17) is 4.74 Å². The predicted molar refractivity (Wildman–Crippen MR) is 86.7 cm³/mol. The average molecular weight is 300 g/mol. The van der Waals surface area contributed by atoms with Crippen LogP contribution in [0.5, 0.6) is 0 Å². The highest BCUT2D eigenvalue weighted by molar-refractivity contribution is 5.78. The van der Waals surface area contributed by atoms with E-state index in [0.717, 1.165) is 18.4 Å². The van der Waals surface area contributed by atoms with Gasteiger partial charge in [0.1, 0.15) is 0 Å². The Bertz CT molecular complexity index is 592. The molecule has 0 bridgehead atoms. The molecule has 0 amide bonds. The van der Waals surface area contributed by atoms with E-state index in [-0.39, 0.29) is 11.9 Å². The van der Waals surface area contributed by atoms with E-state index < -0.39 is 0 Å². The first-order valence-corrected chi connectivity index (χ1v) is 7.85. The molecule has 4 heteroatoms. The topological polar surface area (TPSA) is 44.1 Å². The summed E-state index contributed by atoms with van der Waals surface area (Å²) in [7, 11) is 1.91. The van der Waals surface area contributed by atoms with Crippen LogP contribution in [0.4, 0.5) is 0 Å². The fourth-order valence-electron chi connectivity index (χ4n) is 2.77. The third kappa shape index (κ3) is 3.97. The molecule has 4 nitrogen and oxygen atoms in total. The number of ether oxygens (including phenoxy) is 1. The molecular weight excluding hydrogens is 276 g/mol. The van der Waals surface area contributed by atoms with Gasteiger partial charge in [-0.1, -0.05) is 37.3 Å². The SMILES string of the molecule is CCOC(=O)C(CC(CC)c1cnn(C)c1)c1ccccc1. The fourth-order valence-corrected chi connectivity index (χ4v) is 2.77. The summed E-state index contributed by atoms with van der Waals surface area (Å²) in [6.45, 7) is 4.40. The number of hydrogen-bond acceptors (Lipinski definition) is 3. The molecule has 0 N–H and O–H groups in total. The second kappa shape index (κ2) is 7.78. The molecule has 0 aliphatic carbocycles. The van der Waals surface area contributed by atoms with Crippen molar-refractivity contribution in [2.45, 2.75) is 38.5 Å². The van der Waals surface area contributed by atoms with Gasteiger partial charge in [-0.25, -0.2) is 0 Å². The second-order valence-corrected chi connectivity index (χ2v) is 5.50. The average Bonchev–Trinajstić information content (AvgIpc) is 2.96. The van der Waals surface area contributed by atoms with E-state index >= 15 is 0 Å². The largest absolute Gasteiger partial charge is 0.466 e.